The molecule has 0 bridgehead atoms. The first-order valence-corrected chi connectivity index (χ1v) is 6.52. The van der Waals surface area contributed by atoms with Crippen LogP contribution in [-0.4, -0.2) is 30.7 Å². The quantitative estimate of drug-likeness (QED) is 0.683. The molecule has 1 unspecified atom stereocenters. The molecule has 1 amide bonds. The maximum absolute atomic E-state index is 11.7. The zero-order chi connectivity index (χ0) is 13.5. The molecule has 0 aliphatic heterocycles. The Kier molecular flexibility index (Phi) is 7.39. The Bertz CT molecular complexity index is 225. The van der Waals surface area contributed by atoms with Crippen LogP contribution in [0.3, 0.4) is 0 Å². The van der Waals surface area contributed by atoms with E-state index < -0.39 is 6.10 Å². The minimum Gasteiger partial charge on any atom is -0.367 e. The highest BCUT2D eigenvalue weighted by molar-refractivity contribution is 5.80. The van der Waals surface area contributed by atoms with Crippen LogP contribution in [0.5, 0.6) is 0 Å². The van der Waals surface area contributed by atoms with Crippen molar-refractivity contribution in [1.29, 1.82) is 0 Å². The van der Waals surface area contributed by atoms with E-state index in [4.69, 9.17) is 10.5 Å². The second-order valence-electron chi connectivity index (χ2n) is 5.16. The Hall–Kier alpha value is -0.610. The average molecular weight is 244 g/mol. The van der Waals surface area contributed by atoms with Gasteiger partial charge < -0.3 is 15.8 Å². The Morgan fingerprint density at radius 1 is 1.29 bits per heavy atom. The molecule has 4 heteroatoms. The van der Waals surface area contributed by atoms with Gasteiger partial charge in [-0.05, 0) is 25.7 Å². The molecule has 0 aromatic heterocycles. The monoisotopic (exact) mass is 244 g/mol. The van der Waals surface area contributed by atoms with Crippen LogP contribution >= 0.6 is 0 Å². The summed E-state index contributed by atoms with van der Waals surface area (Å²) in [4.78, 5) is 11.7. The molecular weight excluding hydrogens is 216 g/mol. The lowest BCUT2D eigenvalue weighted by Crippen LogP contribution is -2.46. The third-order valence-electron chi connectivity index (χ3n) is 3.08. The molecule has 4 nitrogen and oxygen atoms in total. The summed E-state index contributed by atoms with van der Waals surface area (Å²) in [5, 5.41) is 2.85. The van der Waals surface area contributed by atoms with Crippen LogP contribution in [0.2, 0.25) is 0 Å². The first-order valence-electron chi connectivity index (χ1n) is 6.52. The number of amides is 1. The highest BCUT2D eigenvalue weighted by atomic mass is 16.5. The van der Waals surface area contributed by atoms with Crippen molar-refractivity contribution in [3.63, 3.8) is 0 Å². The van der Waals surface area contributed by atoms with Crippen LogP contribution in [0.25, 0.3) is 0 Å². The van der Waals surface area contributed by atoms with Crippen molar-refractivity contribution in [2.75, 3.05) is 13.2 Å². The summed E-state index contributed by atoms with van der Waals surface area (Å²) in [5.41, 5.74) is 5.80. The summed E-state index contributed by atoms with van der Waals surface area (Å²) >= 11 is 0. The van der Waals surface area contributed by atoms with Crippen molar-refractivity contribution < 1.29 is 9.53 Å². The summed E-state index contributed by atoms with van der Waals surface area (Å²) in [7, 11) is 0. The molecular formula is C13H28N2O2. The molecule has 0 rings (SSSR count). The maximum atomic E-state index is 11.7. The zero-order valence-electron chi connectivity index (χ0n) is 11.9. The van der Waals surface area contributed by atoms with Crippen LogP contribution in [0.15, 0.2) is 0 Å². The Labute approximate surface area is 105 Å². The normalized spacial score (nSPS) is 13.8. The van der Waals surface area contributed by atoms with Crippen molar-refractivity contribution >= 4 is 5.91 Å². The largest absolute Gasteiger partial charge is 0.367 e. The molecule has 0 aliphatic carbocycles. The van der Waals surface area contributed by atoms with Gasteiger partial charge in [0, 0.05) is 12.1 Å². The number of carbonyl (C=O) groups excluding carboxylic acids is 1. The van der Waals surface area contributed by atoms with Crippen LogP contribution in [0.1, 0.15) is 47.5 Å². The third kappa shape index (κ3) is 6.64. The third-order valence-corrected chi connectivity index (χ3v) is 3.08. The smallest absolute Gasteiger partial charge is 0.248 e. The molecule has 3 N–H and O–H groups in total. The fourth-order valence-corrected chi connectivity index (χ4v) is 1.27. The molecule has 0 radical (unpaired) electrons. The number of nitrogens with two attached hydrogens (primary N) is 1. The second-order valence-corrected chi connectivity index (χ2v) is 5.16. The first-order chi connectivity index (χ1) is 7.84. The van der Waals surface area contributed by atoms with Gasteiger partial charge in [-0.25, -0.2) is 0 Å². The molecule has 0 aliphatic rings. The van der Waals surface area contributed by atoms with Gasteiger partial charge in [-0.1, -0.05) is 27.7 Å². The Balaban J connectivity index is 4.00. The van der Waals surface area contributed by atoms with E-state index in [0.29, 0.717) is 19.1 Å². The van der Waals surface area contributed by atoms with Crippen LogP contribution in [0.4, 0.5) is 0 Å². The number of hydrogen-bond acceptors (Lipinski definition) is 3. The van der Waals surface area contributed by atoms with Crippen LogP contribution < -0.4 is 11.1 Å². The molecule has 0 saturated carbocycles. The second kappa shape index (κ2) is 7.67. The number of carbonyl (C=O) groups is 1. The zero-order valence-corrected chi connectivity index (χ0v) is 11.9. The predicted octanol–water partition coefficient (Wildman–Crippen LogP) is 1.68. The van der Waals surface area contributed by atoms with E-state index in [1.54, 1.807) is 6.92 Å². The fraction of sp³-hybridized carbons (Fsp3) is 0.923. The molecule has 0 aromatic rings. The minimum absolute atomic E-state index is 0.0618. The average Bonchev–Trinajstić information content (AvgIpc) is 2.32. The van der Waals surface area contributed by atoms with Gasteiger partial charge in [0.1, 0.15) is 6.10 Å². The van der Waals surface area contributed by atoms with Crippen molar-refractivity contribution in [1.82, 2.24) is 5.32 Å². The molecule has 1 atom stereocenters. The van der Waals surface area contributed by atoms with E-state index in [1.165, 1.54) is 0 Å². The van der Waals surface area contributed by atoms with Crippen LogP contribution in [-0.2, 0) is 9.53 Å². The van der Waals surface area contributed by atoms with Gasteiger partial charge >= 0.3 is 0 Å². The van der Waals surface area contributed by atoms with Crippen molar-refractivity contribution in [2.24, 2.45) is 11.7 Å². The van der Waals surface area contributed by atoms with E-state index in [2.05, 4.69) is 19.2 Å². The molecule has 17 heavy (non-hydrogen) atoms. The summed E-state index contributed by atoms with van der Waals surface area (Å²) in [6.07, 6.45) is 1.27. The number of hydrogen-bond donors (Lipinski definition) is 2. The van der Waals surface area contributed by atoms with E-state index in [9.17, 15) is 4.79 Å². The summed E-state index contributed by atoms with van der Waals surface area (Å²) < 4.78 is 5.55. The Morgan fingerprint density at radius 2 is 1.82 bits per heavy atom. The molecule has 0 aromatic carbocycles. The summed E-state index contributed by atoms with van der Waals surface area (Å²) in [6.45, 7) is 11.1. The van der Waals surface area contributed by atoms with Gasteiger partial charge in [0.05, 0.1) is 6.61 Å². The molecule has 0 spiro atoms. The highest BCUT2D eigenvalue weighted by Gasteiger charge is 2.23. The highest BCUT2D eigenvalue weighted by Crippen LogP contribution is 2.12. The van der Waals surface area contributed by atoms with E-state index in [1.807, 2.05) is 13.8 Å². The SMILES string of the molecule is CCC(N)(CC)COC(C)C(=O)NCC(C)C. The van der Waals surface area contributed by atoms with Gasteiger partial charge in [0.2, 0.25) is 5.91 Å². The fourth-order valence-electron chi connectivity index (χ4n) is 1.27. The van der Waals surface area contributed by atoms with Gasteiger partial charge in [-0.15, -0.1) is 0 Å². The van der Waals surface area contributed by atoms with E-state index >= 15 is 0 Å². The number of ether oxygens (including phenoxy) is 1. The standard InChI is InChI=1S/C13H28N2O2/c1-6-13(14,7-2)9-17-11(5)12(16)15-8-10(3)4/h10-11H,6-9,14H2,1-5H3,(H,15,16). The van der Waals surface area contributed by atoms with Gasteiger partial charge in [-0.3, -0.25) is 4.79 Å². The molecule has 102 valence electrons. The predicted molar refractivity (Wildman–Crippen MR) is 70.8 cm³/mol. The number of nitrogens with one attached hydrogen (secondary N) is 1. The van der Waals surface area contributed by atoms with Gasteiger partial charge in [-0.2, -0.15) is 0 Å². The topological polar surface area (TPSA) is 64.3 Å². The molecule has 0 heterocycles. The van der Waals surface area contributed by atoms with E-state index in [-0.39, 0.29) is 11.4 Å². The van der Waals surface area contributed by atoms with Crippen LogP contribution in [0, 0.1) is 5.92 Å². The summed E-state index contributed by atoms with van der Waals surface area (Å²) in [6, 6.07) is 0. The Morgan fingerprint density at radius 3 is 2.24 bits per heavy atom. The van der Waals surface area contributed by atoms with Crippen molar-refractivity contribution in [2.45, 2.75) is 59.1 Å². The first kappa shape index (κ1) is 16.4. The molecule has 0 saturated heterocycles. The minimum atomic E-state index is -0.435. The number of rotatable bonds is 8. The molecule has 0 fully saturated rings. The van der Waals surface area contributed by atoms with Crippen molar-refractivity contribution in [3.05, 3.63) is 0 Å². The lowest BCUT2D eigenvalue weighted by Gasteiger charge is -2.27. The lowest BCUT2D eigenvalue weighted by atomic mass is 9.95. The van der Waals surface area contributed by atoms with E-state index in [0.717, 1.165) is 12.8 Å². The van der Waals surface area contributed by atoms with Gasteiger partial charge in [0.25, 0.3) is 0 Å². The lowest BCUT2D eigenvalue weighted by molar-refractivity contribution is -0.133. The van der Waals surface area contributed by atoms with Gasteiger partial charge in [0.15, 0.2) is 0 Å². The maximum Gasteiger partial charge on any atom is 0.248 e. The summed E-state index contributed by atoms with van der Waals surface area (Å²) in [5.74, 6) is 0.388. The van der Waals surface area contributed by atoms with Crippen molar-refractivity contribution in [3.8, 4) is 0 Å².